The quantitative estimate of drug-likeness (QED) is 0.141. The molecular formula is C90H140N4O8+4. The fourth-order valence-corrected chi connectivity index (χ4v) is 26.6. The van der Waals surface area contributed by atoms with Gasteiger partial charge in [-0.2, -0.15) is 0 Å². The second-order valence-corrected chi connectivity index (χ2v) is 36.3. The summed E-state index contributed by atoms with van der Waals surface area (Å²) < 4.78 is 2.38. The zero-order valence-electron chi connectivity index (χ0n) is 64.0. The van der Waals surface area contributed by atoms with Gasteiger partial charge in [0.2, 0.25) is 0 Å². The van der Waals surface area contributed by atoms with Gasteiger partial charge in [0.1, 0.15) is 0 Å². The Bertz CT molecular complexity index is 2650. The number of carbonyl (C=O) groups excluding carboxylic acids is 4. The average Bonchev–Trinajstić information content (AvgIpc) is 0.729. The van der Waals surface area contributed by atoms with Crippen LogP contribution in [0.25, 0.3) is 0 Å². The highest BCUT2D eigenvalue weighted by molar-refractivity contribution is 6.01. The SMILES string of the molecule is O=C(O)c1cc(C(=O)O)cc(C(=O)[N+](C2CCCCC2)(C2CCCCC2)C2CCCCC2)c1.O=C(c1cc(C(=O)[N+](C2CCCCC2)(C2CCCCC2)C2CCCCC2)cc(C(=O)[N+](C2CCCCC2)(C2CCCCC2)C2CCCCC2)c1)[N+](C1CCCCC1)(C1CCCCC1)C1CCCCC1. The maximum absolute atomic E-state index is 17.2. The Morgan fingerprint density at radius 1 is 0.176 bits per heavy atom. The third-order valence-electron chi connectivity index (χ3n) is 30.9. The lowest BCUT2D eigenvalue weighted by atomic mass is 9.78. The van der Waals surface area contributed by atoms with E-state index in [1.807, 2.05) is 0 Å². The van der Waals surface area contributed by atoms with E-state index in [4.69, 9.17) is 0 Å². The number of aromatic carboxylic acids is 2. The molecule has 2 N–H and O–H groups in total. The number of benzene rings is 2. The van der Waals surface area contributed by atoms with Crippen LogP contribution in [0.5, 0.6) is 0 Å². The number of carbonyl (C=O) groups is 6. The van der Waals surface area contributed by atoms with Crippen LogP contribution in [-0.2, 0) is 0 Å². The fraction of sp³-hybridized carbons (Fsp3) is 0.800. The van der Waals surface area contributed by atoms with Crippen LogP contribution in [0, 0.1) is 0 Å². The van der Waals surface area contributed by atoms with E-state index in [0.29, 0.717) is 90.0 Å². The van der Waals surface area contributed by atoms with Gasteiger partial charge in [0.15, 0.2) is 0 Å². The summed E-state index contributed by atoms with van der Waals surface area (Å²) in [5, 5.41) is 19.3. The lowest BCUT2D eigenvalue weighted by Crippen LogP contribution is -2.71. The normalized spacial score (nSPS) is 25.1. The molecule has 0 atom stereocenters. The van der Waals surface area contributed by atoms with Crippen molar-refractivity contribution >= 4 is 35.6 Å². The topological polar surface area (TPSA) is 143 Å². The van der Waals surface area contributed by atoms with Gasteiger partial charge in [0.05, 0.1) is 106 Å². The molecule has 102 heavy (non-hydrogen) atoms. The minimum absolute atomic E-state index is 0.0219. The van der Waals surface area contributed by atoms with Crippen LogP contribution < -0.4 is 0 Å². The molecular weight excluding hydrogens is 1270 g/mol. The van der Waals surface area contributed by atoms with Crippen LogP contribution in [0.1, 0.15) is 447 Å². The van der Waals surface area contributed by atoms with Crippen LogP contribution in [0.4, 0.5) is 0 Å². The summed E-state index contributed by atoms with van der Waals surface area (Å²) >= 11 is 0. The van der Waals surface area contributed by atoms with Crippen LogP contribution in [0.3, 0.4) is 0 Å². The lowest BCUT2D eigenvalue weighted by Gasteiger charge is -2.56. The smallest absolute Gasteiger partial charge is 0.346 e. The number of nitrogens with zero attached hydrogens (tertiary/aromatic N) is 4. The van der Waals surface area contributed by atoms with Crippen molar-refractivity contribution in [3.05, 3.63) is 69.8 Å². The van der Waals surface area contributed by atoms with Crippen molar-refractivity contribution in [1.29, 1.82) is 0 Å². The van der Waals surface area contributed by atoms with E-state index in [9.17, 15) is 24.6 Å². The van der Waals surface area contributed by atoms with Gasteiger partial charge in [-0.3, -0.25) is 0 Å². The largest absolute Gasteiger partial charge is 0.478 e. The highest BCUT2D eigenvalue weighted by atomic mass is 16.4. The first-order chi connectivity index (χ1) is 49.9. The van der Waals surface area contributed by atoms with Gasteiger partial charge in [-0.25, -0.2) is 46.7 Å². The number of amides is 4. The zero-order chi connectivity index (χ0) is 70.5. The fourth-order valence-electron chi connectivity index (χ4n) is 26.6. The summed E-state index contributed by atoms with van der Waals surface area (Å²) in [5.74, 6) is -1.41. The monoisotopic (exact) mass is 1410 g/mol. The van der Waals surface area contributed by atoms with Gasteiger partial charge in [-0.05, 0) is 345 Å². The Morgan fingerprint density at radius 2 is 0.275 bits per heavy atom. The second kappa shape index (κ2) is 35.7. The Hall–Kier alpha value is -4.10. The molecule has 0 aliphatic heterocycles. The minimum atomic E-state index is -1.20. The number of carboxylic acid groups (broad SMARTS) is 2. The van der Waals surface area contributed by atoms with E-state index >= 15 is 14.4 Å². The molecule has 0 heterocycles. The van der Waals surface area contributed by atoms with Gasteiger partial charge >= 0.3 is 35.6 Å². The molecule has 14 rings (SSSR count). The minimum Gasteiger partial charge on any atom is -0.478 e. The highest BCUT2D eigenvalue weighted by Gasteiger charge is 2.62. The Kier molecular flexibility index (Phi) is 26.7. The van der Waals surface area contributed by atoms with Crippen molar-refractivity contribution in [1.82, 2.24) is 0 Å². The molecule has 12 heteroatoms. The first-order valence-electron chi connectivity index (χ1n) is 44.4. The van der Waals surface area contributed by atoms with Gasteiger partial charge in [-0.1, -0.05) is 77.0 Å². The Balaban J connectivity index is 0.000000235. The predicted molar refractivity (Wildman–Crippen MR) is 408 cm³/mol. The molecule has 0 unspecified atom stereocenters. The summed E-state index contributed by atoms with van der Waals surface area (Å²) in [5.41, 5.74) is 2.35. The van der Waals surface area contributed by atoms with E-state index in [1.54, 1.807) is 0 Å². The van der Waals surface area contributed by atoms with Crippen molar-refractivity contribution < 1.29 is 56.9 Å². The molecule has 2 aromatic rings. The summed E-state index contributed by atoms with van der Waals surface area (Å²) in [4.78, 5) is 89.8. The van der Waals surface area contributed by atoms with Crippen LogP contribution in [-0.4, -0.2) is 136 Å². The Labute approximate surface area is 616 Å². The first kappa shape index (κ1) is 76.1. The second-order valence-electron chi connectivity index (χ2n) is 36.3. The number of hydrogen-bond donors (Lipinski definition) is 2. The molecule has 12 aliphatic carbocycles. The number of hydrogen-bond acceptors (Lipinski definition) is 6. The van der Waals surface area contributed by atoms with Gasteiger partial charge in [0.25, 0.3) is 0 Å². The molecule has 12 nitrogen and oxygen atoms in total. The molecule has 12 saturated carbocycles. The molecule has 0 bridgehead atoms. The molecule has 0 saturated heterocycles. The summed E-state index contributed by atoms with van der Waals surface area (Å²) in [6.07, 6.45) is 71.1. The summed E-state index contributed by atoms with van der Waals surface area (Å²) in [6, 6.07) is 14.6. The van der Waals surface area contributed by atoms with E-state index in [0.717, 1.165) is 215 Å². The molecule has 0 radical (unpaired) electrons. The predicted octanol–water partition coefficient (Wildman–Crippen LogP) is 22.6. The van der Waals surface area contributed by atoms with Crippen molar-refractivity contribution in [2.75, 3.05) is 0 Å². The number of quaternary nitrogens is 4. The maximum atomic E-state index is 17.2. The lowest BCUT2D eigenvalue weighted by molar-refractivity contribution is -0.926. The van der Waals surface area contributed by atoms with Crippen molar-refractivity contribution in [3.63, 3.8) is 0 Å². The molecule has 4 amide bonds. The highest BCUT2D eigenvalue weighted by Crippen LogP contribution is 2.51. The number of rotatable bonds is 18. The molecule has 564 valence electrons. The van der Waals surface area contributed by atoms with Crippen molar-refractivity contribution in [2.45, 2.75) is 458 Å². The van der Waals surface area contributed by atoms with E-state index < -0.39 is 11.9 Å². The third-order valence-corrected chi connectivity index (χ3v) is 30.9. The first-order valence-corrected chi connectivity index (χ1v) is 44.4. The van der Waals surface area contributed by atoms with Crippen LogP contribution in [0.2, 0.25) is 0 Å². The Morgan fingerprint density at radius 3 is 0.382 bits per heavy atom. The number of carboxylic acids is 2. The standard InChI is InChI=1S/C63H102N3O3.C27H37NO5/c67-61(64(52-28-10-1-11-29-52,53-30-12-2-13-31-53)54-32-14-3-15-33-54)49-46-50(62(68)65(55-34-16-4-17-35-55,56-36-18-5-19-37-56)57-38-20-6-21-39-57)48-51(47-49)63(69)66(58-40-22-7-23-41-58,59-42-24-8-25-43-59)60-44-26-9-27-45-60;29-25(19-16-20(26(30)31)18-21(17-19)27(32)33)28(22-10-4-1-5-11-22,23-12-6-2-7-13-23)24-14-8-3-9-15-24/h46-48,52-60H,1-45H2;16-18,22-24H,1-15H2,(H-,30,31,32,33)/q+3;/p+1. The summed E-state index contributed by atoms with van der Waals surface area (Å²) in [7, 11) is 0. The van der Waals surface area contributed by atoms with Crippen molar-refractivity contribution in [2.24, 2.45) is 0 Å². The maximum Gasteiger partial charge on any atom is 0.346 e. The van der Waals surface area contributed by atoms with Crippen LogP contribution >= 0.6 is 0 Å². The van der Waals surface area contributed by atoms with E-state index in [1.165, 1.54) is 205 Å². The van der Waals surface area contributed by atoms with Gasteiger partial charge < -0.3 is 10.2 Å². The van der Waals surface area contributed by atoms with E-state index in [-0.39, 0.29) is 40.7 Å². The summed E-state index contributed by atoms with van der Waals surface area (Å²) in [6.45, 7) is 0. The molecule has 0 spiro atoms. The van der Waals surface area contributed by atoms with Crippen LogP contribution in [0.15, 0.2) is 36.4 Å². The van der Waals surface area contributed by atoms with Gasteiger partial charge in [0, 0.05) is 0 Å². The molecule has 2 aromatic carbocycles. The zero-order valence-corrected chi connectivity index (χ0v) is 64.0. The molecule has 0 aromatic heterocycles. The van der Waals surface area contributed by atoms with Gasteiger partial charge in [-0.15, -0.1) is 0 Å². The van der Waals surface area contributed by atoms with E-state index in [2.05, 4.69) is 18.2 Å². The average molecular weight is 1410 g/mol. The third kappa shape index (κ3) is 15.5. The molecule has 12 aliphatic rings. The molecule has 12 fully saturated rings. The van der Waals surface area contributed by atoms with Crippen molar-refractivity contribution in [3.8, 4) is 0 Å².